The summed E-state index contributed by atoms with van der Waals surface area (Å²) in [4.78, 5) is 0. The fourth-order valence-corrected chi connectivity index (χ4v) is 2.44. The summed E-state index contributed by atoms with van der Waals surface area (Å²) in [6.07, 6.45) is -2.62. The Morgan fingerprint density at radius 2 is 1.72 bits per heavy atom. The lowest BCUT2D eigenvalue weighted by Gasteiger charge is -2.42. The zero-order valence-electron chi connectivity index (χ0n) is 9.59. The minimum Gasteiger partial charge on any atom is -0.504 e. The van der Waals surface area contributed by atoms with E-state index in [0.29, 0.717) is 18.9 Å². The van der Waals surface area contributed by atoms with Crippen LogP contribution in [-0.2, 0) is 11.6 Å². The smallest absolute Gasteiger partial charge is 0.416 e. The maximum absolute atomic E-state index is 13.0. The van der Waals surface area contributed by atoms with E-state index in [1.54, 1.807) is 0 Å². The van der Waals surface area contributed by atoms with E-state index in [4.69, 9.17) is 5.73 Å². The van der Waals surface area contributed by atoms with Crippen molar-refractivity contribution in [2.24, 2.45) is 5.73 Å². The molecule has 18 heavy (non-hydrogen) atoms. The Morgan fingerprint density at radius 1 is 1.17 bits per heavy atom. The zero-order valence-corrected chi connectivity index (χ0v) is 9.59. The average Bonchev–Trinajstić information content (AvgIpc) is 2.20. The highest BCUT2D eigenvalue weighted by Gasteiger charge is 2.45. The number of phenols is 2. The molecule has 100 valence electrons. The highest BCUT2D eigenvalue weighted by molar-refractivity contribution is 5.50. The number of aromatic hydroxyl groups is 2. The van der Waals surface area contributed by atoms with Gasteiger partial charge in [0.05, 0.1) is 5.56 Å². The second-order valence-corrected chi connectivity index (χ2v) is 4.72. The van der Waals surface area contributed by atoms with Crippen LogP contribution in [0.5, 0.6) is 11.5 Å². The lowest BCUT2D eigenvalue weighted by Crippen LogP contribution is -2.43. The summed E-state index contributed by atoms with van der Waals surface area (Å²) in [7, 11) is 0. The van der Waals surface area contributed by atoms with Crippen LogP contribution in [0, 0.1) is 0 Å². The summed E-state index contributed by atoms with van der Waals surface area (Å²) in [5.74, 6) is -1.31. The standard InChI is InChI=1S/C12H14F3NO2/c13-12(14,15)8-5-10(18)9(17)4-7(8)11(6-16)2-1-3-11/h4-5,17-18H,1-3,6,16H2. The van der Waals surface area contributed by atoms with Crippen molar-refractivity contribution >= 4 is 0 Å². The van der Waals surface area contributed by atoms with Crippen molar-refractivity contribution in [2.75, 3.05) is 6.54 Å². The van der Waals surface area contributed by atoms with Gasteiger partial charge in [-0.05, 0) is 30.5 Å². The second-order valence-electron chi connectivity index (χ2n) is 4.72. The van der Waals surface area contributed by atoms with Crippen molar-refractivity contribution in [3.63, 3.8) is 0 Å². The van der Waals surface area contributed by atoms with E-state index < -0.39 is 28.7 Å². The molecule has 3 nitrogen and oxygen atoms in total. The van der Waals surface area contributed by atoms with E-state index in [1.165, 1.54) is 0 Å². The molecule has 1 saturated carbocycles. The molecule has 0 saturated heterocycles. The van der Waals surface area contributed by atoms with E-state index >= 15 is 0 Å². The van der Waals surface area contributed by atoms with Gasteiger partial charge in [-0.15, -0.1) is 0 Å². The van der Waals surface area contributed by atoms with E-state index in [-0.39, 0.29) is 12.1 Å². The Balaban J connectivity index is 2.61. The highest BCUT2D eigenvalue weighted by atomic mass is 19.4. The van der Waals surface area contributed by atoms with Crippen molar-refractivity contribution in [1.29, 1.82) is 0 Å². The molecule has 0 aromatic heterocycles. The molecule has 0 amide bonds. The first-order valence-electron chi connectivity index (χ1n) is 5.64. The number of alkyl halides is 3. The van der Waals surface area contributed by atoms with Gasteiger partial charge in [0.2, 0.25) is 0 Å². The molecule has 1 aliphatic carbocycles. The molecule has 6 heteroatoms. The molecule has 1 aromatic carbocycles. The molecule has 0 heterocycles. The van der Waals surface area contributed by atoms with Crippen LogP contribution in [0.15, 0.2) is 12.1 Å². The largest absolute Gasteiger partial charge is 0.504 e. The van der Waals surface area contributed by atoms with Crippen LogP contribution in [0.1, 0.15) is 30.4 Å². The summed E-state index contributed by atoms with van der Waals surface area (Å²) >= 11 is 0. The molecule has 1 fully saturated rings. The molecule has 0 bridgehead atoms. The fourth-order valence-electron chi connectivity index (χ4n) is 2.44. The van der Waals surface area contributed by atoms with E-state index in [0.717, 1.165) is 12.5 Å². The van der Waals surface area contributed by atoms with Gasteiger partial charge in [-0.2, -0.15) is 13.2 Å². The summed E-state index contributed by atoms with van der Waals surface area (Å²) in [5.41, 5.74) is 3.93. The van der Waals surface area contributed by atoms with Crippen LogP contribution in [0.3, 0.4) is 0 Å². The van der Waals surface area contributed by atoms with Gasteiger partial charge in [0, 0.05) is 12.0 Å². The normalized spacial score (nSPS) is 18.4. The monoisotopic (exact) mass is 261 g/mol. The predicted octanol–water partition coefficient (Wildman–Crippen LogP) is 2.50. The Kier molecular flexibility index (Phi) is 2.93. The molecular formula is C12H14F3NO2. The number of phenolic OH excluding ortho intramolecular Hbond substituents is 2. The van der Waals surface area contributed by atoms with Crippen LogP contribution < -0.4 is 5.73 Å². The quantitative estimate of drug-likeness (QED) is 0.716. The molecule has 0 radical (unpaired) electrons. The van der Waals surface area contributed by atoms with E-state index in [9.17, 15) is 23.4 Å². The van der Waals surface area contributed by atoms with Gasteiger partial charge in [-0.25, -0.2) is 0 Å². The Morgan fingerprint density at radius 3 is 2.11 bits per heavy atom. The molecule has 0 atom stereocenters. The number of hydrogen-bond donors (Lipinski definition) is 3. The zero-order chi connectivity index (χ0) is 13.6. The van der Waals surface area contributed by atoms with Gasteiger partial charge in [0.25, 0.3) is 0 Å². The first-order chi connectivity index (χ1) is 8.30. The van der Waals surface area contributed by atoms with Crippen molar-refractivity contribution in [3.05, 3.63) is 23.3 Å². The van der Waals surface area contributed by atoms with Crippen molar-refractivity contribution in [3.8, 4) is 11.5 Å². The van der Waals surface area contributed by atoms with Gasteiger partial charge in [-0.3, -0.25) is 0 Å². The number of hydrogen-bond acceptors (Lipinski definition) is 3. The highest BCUT2D eigenvalue weighted by Crippen LogP contribution is 2.49. The third-order valence-corrected chi connectivity index (χ3v) is 3.69. The number of benzene rings is 1. The topological polar surface area (TPSA) is 66.5 Å². The lowest BCUT2D eigenvalue weighted by atomic mass is 9.63. The molecular weight excluding hydrogens is 247 g/mol. The van der Waals surface area contributed by atoms with Gasteiger partial charge < -0.3 is 15.9 Å². The van der Waals surface area contributed by atoms with Gasteiger partial charge in [-0.1, -0.05) is 6.42 Å². The third-order valence-electron chi connectivity index (χ3n) is 3.69. The van der Waals surface area contributed by atoms with Crippen molar-refractivity contribution in [2.45, 2.75) is 30.9 Å². The SMILES string of the molecule is NCC1(c2cc(O)c(O)cc2C(F)(F)F)CCC1. The summed E-state index contributed by atoms with van der Waals surface area (Å²) < 4.78 is 38.9. The van der Waals surface area contributed by atoms with Crippen LogP contribution in [0.4, 0.5) is 13.2 Å². The van der Waals surface area contributed by atoms with Crippen LogP contribution in [0.2, 0.25) is 0 Å². The first kappa shape index (κ1) is 13.0. The van der Waals surface area contributed by atoms with E-state index in [1.807, 2.05) is 0 Å². The number of nitrogens with two attached hydrogens (primary N) is 1. The van der Waals surface area contributed by atoms with Gasteiger partial charge in [0.15, 0.2) is 11.5 Å². The summed E-state index contributed by atoms with van der Waals surface area (Å²) in [6.45, 7) is 0.0975. The number of halogens is 3. The van der Waals surface area contributed by atoms with Crippen molar-refractivity contribution < 1.29 is 23.4 Å². The maximum Gasteiger partial charge on any atom is 0.416 e. The second kappa shape index (κ2) is 4.05. The summed E-state index contributed by atoms with van der Waals surface area (Å²) in [6, 6.07) is 1.56. The average molecular weight is 261 g/mol. The Labute approximate surface area is 102 Å². The molecule has 2 rings (SSSR count). The molecule has 1 aliphatic rings. The Hall–Kier alpha value is -1.43. The molecule has 1 aromatic rings. The minimum atomic E-state index is -4.57. The van der Waals surface area contributed by atoms with E-state index in [2.05, 4.69) is 0 Å². The van der Waals surface area contributed by atoms with Crippen molar-refractivity contribution in [1.82, 2.24) is 0 Å². The lowest BCUT2D eigenvalue weighted by molar-refractivity contribution is -0.139. The van der Waals surface area contributed by atoms with Crippen LogP contribution >= 0.6 is 0 Å². The maximum atomic E-state index is 13.0. The van der Waals surface area contributed by atoms with Gasteiger partial charge >= 0.3 is 6.18 Å². The number of rotatable bonds is 2. The Bertz CT molecular complexity index is 462. The predicted molar refractivity (Wildman–Crippen MR) is 59.4 cm³/mol. The van der Waals surface area contributed by atoms with Crippen LogP contribution in [0.25, 0.3) is 0 Å². The summed E-state index contributed by atoms with van der Waals surface area (Å²) in [5, 5.41) is 18.6. The molecule has 0 aliphatic heterocycles. The minimum absolute atomic E-state index is 0.0148. The molecule has 4 N–H and O–H groups in total. The molecule has 0 unspecified atom stereocenters. The van der Waals surface area contributed by atoms with Crippen LogP contribution in [-0.4, -0.2) is 16.8 Å². The molecule has 0 spiro atoms. The third kappa shape index (κ3) is 1.90. The fraction of sp³-hybridized carbons (Fsp3) is 0.500. The first-order valence-corrected chi connectivity index (χ1v) is 5.64. The van der Waals surface area contributed by atoms with Gasteiger partial charge in [0.1, 0.15) is 0 Å².